The summed E-state index contributed by atoms with van der Waals surface area (Å²) in [6, 6.07) is 77.6. The molecule has 0 aliphatic carbocycles. The van der Waals surface area contributed by atoms with Crippen LogP contribution in [-0.4, -0.2) is 60.1 Å². The lowest BCUT2D eigenvalue weighted by atomic mass is 9.77. The number of ether oxygens (including phenoxy) is 1. The van der Waals surface area contributed by atoms with Crippen molar-refractivity contribution in [3.63, 3.8) is 0 Å². The minimum absolute atomic E-state index is 0.0720. The number of esters is 1. The van der Waals surface area contributed by atoms with Crippen LogP contribution in [-0.2, 0) is 35.1 Å². The number of oxime groups is 1. The van der Waals surface area contributed by atoms with Crippen LogP contribution in [0.15, 0.2) is 271 Å². The van der Waals surface area contributed by atoms with Crippen LogP contribution in [0.1, 0.15) is 66.9 Å². The highest BCUT2D eigenvalue weighted by atomic mass is 32.2. The van der Waals surface area contributed by atoms with Crippen molar-refractivity contribution in [2.45, 2.75) is 35.6 Å². The average Bonchev–Trinajstić information content (AvgIpc) is 2.73. The van der Waals surface area contributed by atoms with Gasteiger partial charge in [-0.1, -0.05) is 258 Å². The number of allylic oxidation sites excluding steroid dienone is 1. The van der Waals surface area contributed by atoms with E-state index in [1.165, 1.54) is 39.5 Å². The second-order valence-electron chi connectivity index (χ2n) is 19.7. The Balaban J connectivity index is 0.941. The maximum Gasteiger partial charge on any atom is 0.356 e. The minimum atomic E-state index is -1.38. The fourth-order valence-corrected chi connectivity index (χ4v) is 13.2. The molecule has 1 unspecified atom stereocenters. The lowest BCUT2D eigenvalue weighted by Crippen LogP contribution is -2.71. The first-order chi connectivity index (χ1) is 40.8. The number of benzene rings is 8. The number of thioether (sulfide) groups is 1. The Morgan fingerprint density at radius 3 is 1.55 bits per heavy atom. The zero-order valence-corrected chi connectivity index (χ0v) is 47.2. The van der Waals surface area contributed by atoms with Crippen LogP contribution in [0.4, 0.5) is 5.13 Å². The molecule has 2 aliphatic rings. The van der Waals surface area contributed by atoms with Gasteiger partial charge in [0.05, 0.1) is 0 Å². The second kappa shape index (κ2) is 24.3. The summed E-state index contributed by atoms with van der Waals surface area (Å²) in [6.45, 7) is 1.92. The average molecular weight is 1140 g/mol. The molecule has 2 atom stereocenters. The molecule has 2 aliphatic heterocycles. The first-order valence-electron chi connectivity index (χ1n) is 26.9. The number of aryl methyl sites for hydroxylation is 1. The van der Waals surface area contributed by atoms with Gasteiger partial charge in [0.2, 0.25) is 5.60 Å². The summed E-state index contributed by atoms with van der Waals surface area (Å²) >= 11 is 3.99. The highest BCUT2D eigenvalue weighted by Gasteiger charge is 2.55. The lowest BCUT2D eigenvalue weighted by molar-refractivity contribution is -0.154. The maximum atomic E-state index is 15.6. The summed E-state index contributed by atoms with van der Waals surface area (Å²) in [5.74, 6) is -1.64. The molecular weight excluding hydrogens is 1090 g/mol. The number of rotatable bonds is 19. The van der Waals surface area contributed by atoms with Crippen LogP contribution in [0.2, 0.25) is 0 Å². The number of fused-ring (bicyclic) bond motifs is 1. The number of amides is 2. The van der Waals surface area contributed by atoms with Crippen LogP contribution < -0.4 is 10.6 Å². The third-order valence-corrected chi connectivity index (χ3v) is 17.4. The Kier molecular flexibility index (Phi) is 15.8. The van der Waals surface area contributed by atoms with Gasteiger partial charge < -0.3 is 20.2 Å². The van der Waals surface area contributed by atoms with Crippen LogP contribution in [0.25, 0.3) is 6.08 Å². The van der Waals surface area contributed by atoms with E-state index in [-0.39, 0.29) is 17.1 Å². The summed E-state index contributed by atoms with van der Waals surface area (Å²) in [4.78, 5) is 60.1. The van der Waals surface area contributed by atoms with Crippen molar-refractivity contribution in [1.29, 1.82) is 0 Å². The molecule has 2 aromatic heterocycles. The fraction of sp³-hybridized carbons (Fsp3) is 0.103. The Hall–Kier alpha value is -9.54. The highest BCUT2D eigenvalue weighted by molar-refractivity contribution is 8.00. The van der Waals surface area contributed by atoms with Crippen LogP contribution in [0, 0.1) is 6.92 Å². The summed E-state index contributed by atoms with van der Waals surface area (Å²) in [6.07, 6.45) is 2.79. The minimum Gasteiger partial charge on any atom is -0.448 e. The zero-order chi connectivity index (χ0) is 56.6. The molecule has 2 amide bonds. The number of anilines is 1. The molecular formula is C68H53N7O5S3. The predicted octanol–water partition coefficient (Wildman–Crippen LogP) is 13.1. The van der Waals surface area contributed by atoms with Gasteiger partial charge in [-0.25, -0.2) is 9.78 Å². The van der Waals surface area contributed by atoms with Gasteiger partial charge in [-0.15, -0.1) is 28.2 Å². The van der Waals surface area contributed by atoms with E-state index in [0.29, 0.717) is 22.2 Å². The zero-order valence-electron chi connectivity index (χ0n) is 44.8. The molecule has 4 heterocycles. The Labute approximate surface area is 493 Å². The molecule has 0 spiro atoms. The van der Waals surface area contributed by atoms with Gasteiger partial charge in [0, 0.05) is 32.7 Å². The summed E-state index contributed by atoms with van der Waals surface area (Å²) < 4.78 is 10.6. The molecule has 1 fully saturated rings. The monoisotopic (exact) mass is 1140 g/mol. The molecule has 10 aromatic rings. The van der Waals surface area contributed by atoms with E-state index >= 15 is 9.59 Å². The van der Waals surface area contributed by atoms with Crippen LogP contribution in [0.3, 0.4) is 0 Å². The summed E-state index contributed by atoms with van der Waals surface area (Å²) in [7, 11) is 0. The number of hydrogen-bond acceptors (Lipinski definition) is 13. The molecule has 408 valence electrons. The number of nitrogens with zero attached hydrogens (tertiary/aromatic N) is 5. The Bertz CT molecular complexity index is 3730. The van der Waals surface area contributed by atoms with E-state index in [1.807, 2.05) is 213 Å². The molecule has 0 radical (unpaired) electrons. The summed E-state index contributed by atoms with van der Waals surface area (Å²) in [5.41, 5.74) is 5.60. The number of carbonyl (C=O) groups is 3. The van der Waals surface area contributed by atoms with Crippen LogP contribution >= 0.6 is 34.6 Å². The molecule has 12 rings (SSSR count). The standard InChI is InChI=1S/C68H53N7O5S3/c1-46-56(72-74-83-46)43-42-49-44-81-64-59(63(77)75(64)60(49)65(78)79-61(47-26-10-2-11-27-47)48-28-12-3-13-29-48)70-62(76)58(73-80-68(53-36-20-7-21-37-53,54-38-22-8-23-39-54)55-40-24-9-25-41-55)57-45-82-66(69-57)71-67(50-30-14-4-15-31-50,51-32-16-5-17-33-51)52-34-18-6-19-35-52/h2-43,45,59,61,64H,44H2,1H3,(H,69,71)(H,70,76)/b43-42-,73-58+/t59?,64-/m1/s1. The van der Waals surface area contributed by atoms with E-state index < -0.39 is 46.4 Å². The molecule has 0 bridgehead atoms. The van der Waals surface area contributed by atoms with Crippen molar-refractivity contribution in [1.82, 2.24) is 24.8 Å². The lowest BCUT2D eigenvalue weighted by Gasteiger charge is -2.49. The normalized spacial score (nSPS) is 15.4. The molecule has 2 N–H and O–H groups in total. The van der Waals surface area contributed by atoms with Crippen molar-refractivity contribution >= 4 is 69.3 Å². The molecule has 12 nitrogen and oxygen atoms in total. The Morgan fingerprint density at radius 1 is 0.639 bits per heavy atom. The number of hydrogen-bond donors (Lipinski definition) is 2. The quantitative estimate of drug-likeness (QED) is 0.0264. The van der Waals surface area contributed by atoms with Gasteiger partial charge in [-0.3, -0.25) is 14.5 Å². The first kappa shape index (κ1) is 54.1. The van der Waals surface area contributed by atoms with Gasteiger partial charge in [-0.05, 0) is 57.9 Å². The van der Waals surface area contributed by atoms with E-state index in [0.717, 1.165) is 49.4 Å². The van der Waals surface area contributed by atoms with Gasteiger partial charge in [0.1, 0.15) is 34.0 Å². The third kappa shape index (κ3) is 10.8. The van der Waals surface area contributed by atoms with E-state index in [4.69, 9.17) is 19.7 Å². The first-order valence-corrected chi connectivity index (χ1v) is 29.6. The van der Waals surface area contributed by atoms with Crippen molar-refractivity contribution in [3.8, 4) is 0 Å². The number of nitrogens with one attached hydrogen (secondary N) is 2. The molecule has 15 heteroatoms. The highest BCUT2D eigenvalue weighted by Crippen LogP contribution is 2.45. The van der Waals surface area contributed by atoms with E-state index in [9.17, 15) is 4.79 Å². The molecule has 0 saturated carbocycles. The van der Waals surface area contributed by atoms with Crippen molar-refractivity contribution in [3.05, 3.63) is 326 Å². The van der Waals surface area contributed by atoms with Crippen molar-refractivity contribution in [2.75, 3.05) is 11.1 Å². The Morgan fingerprint density at radius 2 is 1.10 bits per heavy atom. The number of thiazole rings is 1. The third-order valence-electron chi connectivity index (χ3n) is 14.7. The number of carbonyl (C=O) groups excluding carboxylic acids is 3. The van der Waals surface area contributed by atoms with E-state index in [2.05, 4.69) is 56.6 Å². The smallest absolute Gasteiger partial charge is 0.356 e. The predicted molar refractivity (Wildman–Crippen MR) is 328 cm³/mol. The van der Waals surface area contributed by atoms with E-state index in [1.54, 1.807) is 17.5 Å². The van der Waals surface area contributed by atoms with Crippen LogP contribution in [0.5, 0.6) is 0 Å². The SMILES string of the molecule is Cc1snnc1/C=C\C1=C(C(=O)OC(c2ccccc2)c2ccccc2)N2C(=O)C(NC(=O)/C(=N/OC(c3ccccc3)(c3ccccc3)c3ccccc3)c3csc(NC(c4ccccc4)(c4ccccc4)c4ccccc4)n3)[C@H]2SC1. The summed E-state index contributed by atoms with van der Waals surface area (Å²) in [5, 5.41) is 17.6. The number of β-lactam (4-membered cyclic amide) rings is 1. The molecule has 83 heavy (non-hydrogen) atoms. The topological polar surface area (TPSA) is 148 Å². The van der Waals surface area contributed by atoms with Gasteiger partial charge in [0.15, 0.2) is 16.9 Å². The number of aromatic nitrogens is 3. The van der Waals surface area contributed by atoms with Gasteiger partial charge in [-0.2, -0.15) is 0 Å². The van der Waals surface area contributed by atoms with Gasteiger partial charge in [0.25, 0.3) is 11.8 Å². The van der Waals surface area contributed by atoms with Crippen molar-refractivity contribution in [2.24, 2.45) is 5.16 Å². The fourth-order valence-electron chi connectivity index (χ4n) is 10.7. The molecule has 8 aromatic carbocycles. The largest absolute Gasteiger partial charge is 0.448 e. The van der Waals surface area contributed by atoms with Crippen molar-refractivity contribution < 1.29 is 24.0 Å². The maximum absolute atomic E-state index is 15.6. The van der Waals surface area contributed by atoms with Gasteiger partial charge >= 0.3 is 5.97 Å². The second-order valence-corrected chi connectivity index (χ2v) is 22.6. The molecule has 1 saturated heterocycles.